The number of nitrogens with zero attached hydrogens (tertiary/aromatic N) is 4. The van der Waals surface area contributed by atoms with Crippen molar-refractivity contribution >= 4 is 17.3 Å². The number of carbonyl (C=O) groups excluding carboxylic acids is 1. The maximum absolute atomic E-state index is 12.4. The van der Waals surface area contributed by atoms with Gasteiger partial charge in [0, 0.05) is 56.0 Å². The molecule has 1 N–H and O–H groups in total. The predicted molar refractivity (Wildman–Crippen MR) is 122 cm³/mol. The summed E-state index contributed by atoms with van der Waals surface area (Å²) in [6.07, 6.45) is 0.695. The number of likely N-dealkylation sites (N-methyl/N-ethyl adjacent to an activating group) is 1. The van der Waals surface area contributed by atoms with Gasteiger partial charge >= 0.3 is 0 Å². The Hall–Kier alpha value is -3.19. The second kappa shape index (κ2) is 9.75. The van der Waals surface area contributed by atoms with Crippen LogP contribution in [0.15, 0.2) is 52.9 Å². The van der Waals surface area contributed by atoms with Crippen LogP contribution in [0.25, 0.3) is 11.5 Å². The molecule has 2 aromatic carbocycles. The molecule has 7 nitrogen and oxygen atoms in total. The summed E-state index contributed by atoms with van der Waals surface area (Å²) in [7, 11) is 0. The predicted octanol–water partition coefficient (Wildman–Crippen LogP) is 3.76. The summed E-state index contributed by atoms with van der Waals surface area (Å²) < 4.78 is 5.68. The van der Waals surface area contributed by atoms with E-state index in [2.05, 4.69) is 45.2 Å². The summed E-state index contributed by atoms with van der Waals surface area (Å²) in [4.78, 5) is 17.3. The fraction of sp³-hybridized carbons (Fsp3) is 0.375. The summed E-state index contributed by atoms with van der Waals surface area (Å²) in [5.41, 5.74) is 4.10. The Morgan fingerprint density at radius 2 is 1.84 bits per heavy atom. The van der Waals surface area contributed by atoms with Crippen molar-refractivity contribution in [1.29, 1.82) is 0 Å². The Morgan fingerprint density at radius 1 is 1.06 bits per heavy atom. The number of amides is 1. The molecule has 1 saturated heterocycles. The molecule has 0 spiro atoms. The van der Waals surface area contributed by atoms with Crippen LogP contribution < -0.4 is 10.2 Å². The van der Waals surface area contributed by atoms with Crippen molar-refractivity contribution in [2.24, 2.45) is 0 Å². The van der Waals surface area contributed by atoms with Crippen molar-refractivity contribution in [1.82, 2.24) is 15.1 Å². The zero-order valence-electron chi connectivity index (χ0n) is 18.2. The first kappa shape index (κ1) is 21.1. The Kier molecular flexibility index (Phi) is 6.62. The molecule has 1 aliphatic heterocycles. The molecule has 4 rings (SSSR count). The smallest absolute Gasteiger partial charge is 0.247 e. The van der Waals surface area contributed by atoms with Crippen molar-refractivity contribution in [2.45, 2.75) is 26.7 Å². The lowest BCUT2D eigenvalue weighted by Crippen LogP contribution is -2.46. The molecular formula is C24H29N5O2. The minimum absolute atomic E-state index is 0.0665. The molecule has 0 atom stereocenters. The van der Waals surface area contributed by atoms with Crippen LogP contribution in [0.3, 0.4) is 0 Å². The minimum Gasteiger partial charge on any atom is -0.421 e. The van der Waals surface area contributed by atoms with Crippen molar-refractivity contribution in [2.75, 3.05) is 42.9 Å². The molecule has 1 fully saturated rings. The number of aryl methyl sites for hydroxylation is 2. The topological polar surface area (TPSA) is 74.5 Å². The van der Waals surface area contributed by atoms with E-state index in [0.717, 1.165) is 44.0 Å². The summed E-state index contributed by atoms with van der Waals surface area (Å²) in [6, 6.07) is 15.7. The molecular weight excluding hydrogens is 390 g/mol. The molecule has 0 bridgehead atoms. The van der Waals surface area contributed by atoms with E-state index in [4.69, 9.17) is 4.42 Å². The highest BCUT2D eigenvalue weighted by molar-refractivity contribution is 5.91. The van der Waals surface area contributed by atoms with E-state index in [1.165, 1.54) is 11.3 Å². The standard InChI is InChI=1S/C24H29N5O2/c1-3-28-13-15-29(16-14-28)21-10-9-20(17-18(21)2)25-22(30)11-12-23-26-27-24(31-23)19-7-5-4-6-8-19/h4-10,17H,3,11-16H2,1-2H3,(H,25,30). The maximum atomic E-state index is 12.4. The summed E-state index contributed by atoms with van der Waals surface area (Å²) >= 11 is 0. The first-order valence-electron chi connectivity index (χ1n) is 10.9. The van der Waals surface area contributed by atoms with Gasteiger partial charge in [-0.2, -0.15) is 0 Å². The highest BCUT2D eigenvalue weighted by atomic mass is 16.4. The third kappa shape index (κ3) is 5.30. The van der Waals surface area contributed by atoms with Gasteiger partial charge in [-0.15, -0.1) is 10.2 Å². The van der Waals surface area contributed by atoms with Gasteiger partial charge in [0.2, 0.25) is 17.7 Å². The molecule has 0 aliphatic carbocycles. The number of hydrogen-bond acceptors (Lipinski definition) is 6. The number of anilines is 2. The van der Waals surface area contributed by atoms with Crippen molar-refractivity contribution in [3.63, 3.8) is 0 Å². The monoisotopic (exact) mass is 419 g/mol. The van der Waals surface area contributed by atoms with E-state index >= 15 is 0 Å². The van der Waals surface area contributed by atoms with Crippen molar-refractivity contribution in [3.05, 3.63) is 60.0 Å². The Balaban J connectivity index is 1.30. The maximum Gasteiger partial charge on any atom is 0.247 e. The summed E-state index contributed by atoms with van der Waals surface area (Å²) in [6.45, 7) is 9.67. The van der Waals surface area contributed by atoms with Gasteiger partial charge < -0.3 is 19.5 Å². The van der Waals surface area contributed by atoms with Crippen molar-refractivity contribution in [3.8, 4) is 11.5 Å². The molecule has 7 heteroatoms. The van der Waals surface area contributed by atoms with Crippen LogP contribution in [0.2, 0.25) is 0 Å². The number of rotatable bonds is 7. The van der Waals surface area contributed by atoms with E-state index < -0.39 is 0 Å². The first-order valence-corrected chi connectivity index (χ1v) is 10.9. The van der Waals surface area contributed by atoms with E-state index in [1.807, 2.05) is 42.5 Å². The molecule has 3 aromatic rings. The number of hydrogen-bond donors (Lipinski definition) is 1. The zero-order chi connectivity index (χ0) is 21.6. The molecule has 1 aliphatic rings. The molecule has 1 amide bonds. The molecule has 1 aromatic heterocycles. The third-order valence-electron chi connectivity index (χ3n) is 5.69. The molecule has 2 heterocycles. The van der Waals surface area contributed by atoms with Gasteiger partial charge in [0.25, 0.3) is 0 Å². The number of benzene rings is 2. The Morgan fingerprint density at radius 3 is 2.55 bits per heavy atom. The zero-order valence-corrected chi connectivity index (χ0v) is 18.2. The molecule has 162 valence electrons. The van der Waals surface area contributed by atoms with Gasteiger partial charge in [-0.25, -0.2) is 0 Å². The highest BCUT2D eigenvalue weighted by Crippen LogP contribution is 2.25. The molecule has 0 saturated carbocycles. The largest absolute Gasteiger partial charge is 0.421 e. The van der Waals surface area contributed by atoms with Gasteiger partial charge in [-0.1, -0.05) is 25.1 Å². The number of nitrogens with one attached hydrogen (secondary N) is 1. The van der Waals surface area contributed by atoms with E-state index in [-0.39, 0.29) is 12.3 Å². The average Bonchev–Trinajstić information content (AvgIpc) is 3.28. The van der Waals surface area contributed by atoms with Crippen molar-refractivity contribution < 1.29 is 9.21 Å². The van der Waals surface area contributed by atoms with E-state index in [1.54, 1.807) is 0 Å². The summed E-state index contributed by atoms with van der Waals surface area (Å²) in [5.74, 6) is 0.872. The second-order valence-electron chi connectivity index (χ2n) is 7.84. The lowest BCUT2D eigenvalue weighted by Gasteiger charge is -2.36. The van der Waals surface area contributed by atoms with Crippen LogP contribution in [0.5, 0.6) is 0 Å². The van der Waals surface area contributed by atoms with E-state index in [9.17, 15) is 4.79 Å². The fourth-order valence-electron chi connectivity index (χ4n) is 3.89. The Bertz CT molecular complexity index is 1010. The van der Waals surface area contributed by atoms with Crippen LogP contribution in [-0.4, -0.2) is 53.7 Å². The second-order valence-corrected chi connectivity index (χ2v) is 7.84. The van der Waals surface area contributed by atoms with Gasteiger partial charge in [-0.3, -0.25) is 4.79 Å². The van der Waals surface area contributed by atoms with Gasteiger partial charge in [0.15, 0.2) is 0 Å². The van der Waals surface area contributed by atoms with Gasteiger partial charge in [-0.05, 0) is 49.4 Å². The lowest BCUT2D eigenvalue weighted by atomic mass is 10.1. The van der Waals surface area contributed by atoms with E-state index in [0.29, 0.717) is 18.2 Å². The Labute approximate surface area is 183 Å². The average molecular weight is 420 g/mol. The molecule has 31 heavy (non-hydrogen) atoms. The SMILES string of the molecule is CCN1CCN(c2ccc(NC(=O)CCc3nnc(-c4ccccc4)o3)cc2C)CC1. The van der Waals surface area contributed by atoms with Crippen LogP contribution >= 0.6 is 0 Å². The van der Waals surface area contributed by atoms with Gasteiger partial charge in [0.1, 0.15) is 0 Å². The van der Waals surface area contributed by atoms with Crippen LogP contribution in [-0.2, 0) is 11.2 Å². The van der Waals surface area contributed by atoms with Crippen LogP contribution in [0.1, 0.15) is 24.8 Å². The van der Waals surface area contributed by atoms with Gasteiger partial charge in [0.05, 0.1) is 0 Å². The van der Waals surface area contributed by atoms with Crippen LogP contribution in [0.4, 0.5) is 11.4 Å². The third-order valence-corrected chi connectivity index (χ3v) is 5.69. The number of aromatic nitrogens is 2. The lowest BCUT2D eigenvalue weighted by molar-refractivity contribution is -0.116. The normalized spacial score (nSPS) is 14.6. The minimum atomic E-state index is -0.0665. The highest BCUT2D eigenvalue weighted by Gasteiger charge is 2.17. The molecule has 0 radical (unpaired) electrons. The molecule has 0 unspecified atom stereocenters. The first-order chi connectivity index (χ1) is 15.1. The quantitative estimate of drug-likeness (QED) is 0.629. The number of carbonyl (C=O) groups is 1. The summed E-state index contributed by atoms with van der Waals surface area (Å²) in [5, 5.41) is 11.1. The van der Waals surface area contributed by atoms with Crippen LogP contribution in [0, 0.1) is 6.92 Å². The fourth-order valence-corrected chi connectivity index (χ4v) is 3.89. The number of piperazine rings is 1.